The number of carbonyl (C=O) groups excluding carboxylic acids is 4. The first kappa shape index (κ1) is 41.4. The Morgan fingerprint density at radius 3 is 2.15 bits per heavy atom. The summed E-state index contributed by atoms with van der Waals surface area (Å²) in [7, 11) is -2.06. The predicted octanol–water partition coefficient (Wildman–Crippen LogP) is 1.16. The second kappa shape index (κ2) is 22.8. The van der Waals surface area contributed by atoms with Crippen LogP contribution in [-0.2, 0) is 33.8 Å². The third-order valence-corrected chi connectivity index (χ3v) is 7.80. The molecule has 1 aromatic rings. The minimum absolute atomic E-state index is 0.0132. The minimum Gasteiger partial charge on any atom is -0.364 e. The van der Waals surface area contributed by atoms with Crippen molar-refractivity contribution in [1.29, 1.82) is 0 Å². The van der Waals surface area contributed by atoms with Crippen molar-refractivity contribution in [2.75, 3.05) is 46.3 Å². The lowest BCUT2D eigenvalue weighted by Gasteiger charge is -2.26. The molecule has 0 spiro atoms. The monoisotopic (exact) mass is 679 g/mol. The van der Waals surface area contributed by atoms with E-state index in [4.69, 9.17) is 4.74 Å². The number of hydrogen-bond donors (Lipinski definition) is 4. The first-order valence-corrected chi connectivity index (χ1v) is 18.1. The molecule has 1 heterocycles. The van der Waals surface area contributed by atoms with Gasteiger partial charge in [0.05, 0.1) is 12.1 Å². The van der Waals surface area contributed by atoms with Crippen LogP contribution in [0, 0.1) is 17.8 Å². The molecule has 0 saturated heterocycles. The van der Waals surface area contributed by atoms with E-state index in [1.807, 2.05) is 0 Å². The van der Waals surface area contributed by atoms with Crippen LogP contribution < -0.4 is 21.3 Å². The fraction of sp³-hybridized carbons (Fsp3) is 0.688. The van der Waals surface area contributed by atoms with Crippen molar-refractivity contribution in [2.24, 2.45) is 5.92 Å². The van der Waals surface area contributed by atoms with Gasteiger partial charge in [0.15, 0.2) is 0 Å². The Bertz CT molecular complexity index is 1290. The fourth-order valence-electron chi connectivity index (χ4n) is 4.54. The number of ether oxygens (including phenoxy) is 1. The number of hydrogen-bond acceptors (Lipinski definition) is 10. The molecule has 47 heavy (non-hydrogen) atoms. The normalized spacial score (nSPS) is 12.5. The topological polar surface area (TPSA) is 189 Å². The van der Waals surface area contributed by atoms with Gasteiger partial charge in [-0.2, -0.15) is 0 Å². The molecule has 1 rings (SSSR count). The van der Waals surface area contributed by atoms with E-state index in [2.05, 4.69) is 61.8 Å². The van der Waals surface area contributed by atoms with Crippen molar-refractivity contribution in [1.82, 2.24) is 36.1 Å². The second-order valence-corrected chi connectivity index (χ2v) is 13.5. The van der Waals surface area contributed by atoms with E-state index < -0.39 is 39.6 Å². The van der Waals surface area contributed by atoms with Gasteiger partial charge >= 0.3 is 0 Å². The highest BCUT2D eigenvalue weighted by Gasteiger charge is 2.28. The van der Waals surface area contributed by atoms with E-state index in [9.17, 15) is 27.6 Å². The summed E-state index contributed by atoms with van der Waals surface area (Å²) in [6.45, 7) is 10.5. The average molecular weight is 680 g/mol. The molecule has 0 radical (unpaired) electrons. The van der Waals surface area contributed by atoms with Gasteiger partial charge in [-0.25, -0.2) is 18.4 Å². The SMILES string of the molecule is CCCN(CCC)CCCC[C@H](NC(=O)[C@@H](NC(=O)CCCC#Cc1cnc(S(C)(=O)=O)nc1)C(C)C)C(=O)NCC(=O)NCOC. The predicted molar refractivity (Wildman–Crippen MR) is 178 cm³/mol. The Labute approximate surface area is 279 Å². The fourth-order valence-corrected chi connectivity index (χ4v) is 5.03. The highest BCUT2D eigenvalue weighted by atomic mass is 32.2. The maximum Gasteiger partial charge on any atom is 0.246 e. The molecule has 4 N–H and O–H groups in total. The van der Waals surface area contributed by atoms with E-state index >= 15 is 0 Å². The zero-order valence-corrected chi connectivity index (χ0v) is 29.5. The van der Waals surface area contributed by atoms with Gasteiger partial charge < -0.3 is 30.9 Å². The molecular weight excluding hydrogens is 626 g/mol. The van der Waals surface area contributed by atoms with Gasteiger partial charge in [-0.15, -0.1) is 0 Å². The van der Waals surface area contributed by atoms with Crippen molar-refractivity contribution in [2.45, 2.75) is 96.3 Å². The maximum atomic E-state index is 13.4. The van der Waals surface area contributed by atoms with Crippen molar-refractivity contribution < 1.29 is 32.3 Å². The molecule has 0 unspecified atom stereocenters. The molecule has 0 aliphatic heterocycles. The molecule has 0 aromatic carbocycles. The van der Waals surface area contributed by atoms with Crippen LogP contribution in [0.2, 0.25) is 0 Å². The zero-order valence-electron chi connectivity index (χ0n) is 28.7. The summed E-state index contributed by atoms with van der Waals surface area (Å²) in [5.41, 5.74) is 0.451. The lowest BCUT2D eigenvalue weighted by Crippen LogP contribution is -2.56. The number of nitrogens with zero attached hydrogens (tertiary/aromatic N) is 3. The molecule has 4 amide bonds. The van der Waals surface area contributed by atoms with Crippen molar-refractivity contribution in [3.05, 3.63) is 18.0 Å². The highest BCUT2D eigenvalue weighted by Crippen LogP contribution is 2.09. The van der Waals surface area contributed by atoms with E-state index in [0.29, 0.717) is 31.2 Å². The molecule has 2 atom stereocenters. The van der Waals surface area contributed by atoms with Crippen LogP contribution in [0.5, 0.6) is 0 Å². The first-order valence-electron chi connectivity index (χ1n) is 16.2. The number of carbonyl (C=O) groups is 4. The molecule has 0 aliphatic rings. The Morgan fingerprint density at radius 1 is 0.915 bits per heavy atom. The quantitative estimate of drug-likeness (QED) is 0.0599. The summed E-state index contributed by atoms with van der Waals surface area (Å²) in [6.07, 6.45) is 8.63. The van der Waals surface area contributed by atoms with E-state index in [1.54, 1.807) is 13.8 Å². The van der Waals surface area contributed by atoms with E-state index in [-0.39, 0.29) is 36.7 Å². The minimum atomic E-state index is -3.50. The van der Waals surface area contributed by atoms with Crippen LogP contribution in [0.15, 0.2) is 17.6 Å². The van der Waals surface area contributed by atoms with Crippen LogP contribution >= 0.6 is 0 Å². The Balaban J connectivity index is 2.77. The third-order valence-electron chi connectivity index (χ3n) is 6.93. The molecular formula is C32H53N7O7S. The molecule has 14 nitrogen and oxygen atoms in total. The summed E-state index contributed by atoms with van der Waals surface area (Å²) in [6, 6.07) is -1.75. The molecule has 0 bridgehead atoms. The van der Waals surface area contributed by atoms with Crippen LogP contribution in [0.3, 0.4) is 0 Å². The smallest absolute Gasteiger partial charge is 0.246 e. The summed E-state index contributed by atoms with van der Waals surface area (Å²) in [5.74, 6) is 3.78. The highest BCUT2D eigenvalue weighted by molar-refractivity contribution is 7.90. The zero-order chi connectivity index (χ0) is 35.2. The first-order chi connectivity index (χ1) is 22.3. The summed E-state index contributed by atoms with van der Waals surface area (Å²) < 4.78 is 27.8. The number of unbranched alkanes of at least 4 members (excludes halogenated alkanes) is 2. The molecule has 264 valence electrons. The van der Waals surface area contributed by atoms with Gasteiger partial charge in [0.25, 0.3) is 0 Å². The third kappa shape index (κ3) is 17.8. The van der Waals surface area contributed by atoms with E-state index in [0.717, 1.165) is 45.2 Å². The summed E-state index contributed by atoms with van der Waals surface area (Å²) in [5, 5.41) is 10.4. The Kier molecular flexibility index (Phi) is 20.1. The molecule has 0 saturated carbocycles. The Hall–Kier alpha value is -3.61. The van der Waals surface area contributed by atoms with Gasteiger partial charge in [0.2, 0.25) is 38.6 Å². The van der Waals surface area contributed by atoms with Gasteiger partial charge in [-0.1, -0.05) is 39.5 Å². The van der Waals surface area contributed by atoms with Crippen molar-refractivity contribution in [3.8, 4) is 11.8 Å². The van der Waals surface area contributed by atoms with Crippen molar-refractivity contribution in [3.63, 3.8) is 0 Å². The number of aromatic nitrogens is 2. The van der Waals surface area contributed by atoms with Gasteiger partial charge in [0, 0.05) is 38.6 Å². The number of nitrogens with one attached hydrogen (secondary N) is 4. The van der Waals surface area contributed by atoms with Crippen molar-refractivity contribution >= 4 is 33.5 Å². The average Bonchev–Trinajstić information content (AvgIpc) is 3.02. The molecule has 0 fully saturated rings. The lowest BCUT2D eigenvalue weighted by molar-refractivity contribution is -0.133. The number of amides is 4. The van der Waals surface area contributed by atoms with Gasteiger partial charge in [-0.05, 0) is 64.1 Å². The molecule has 15 heteroatoms. The van der Waals surface area contributed by atoms with Crippen LogP contribution in [0.4, 0.5) is 0 Å². The molecule has 0 aliphatic carbocycles. The second-order valence-electron chi connectivity index (χ2n) is 11.6. The van der Waals surface area contributed by atoms with Crippen LogP contribution in [-0.4, -0.2) is 105 Å². The van der Waals surface area contributed by atoms with Crippen LogP contribution in [0.1, 0.15) is 84.6 Å². The van der Waals surface area contributed by atoms with E-state index in [1.165, 1.54) is 19.5 Å². The summed E-state index contributed by atoms with van der Waals surface area (Å²) in [4.78, 5) is 61.1. The number of rotatable bonds is 22. The maximum absolute atomic E-state index is 13.4. The number of methoxy groups -OCH3 is 1. The van der Waals surface area contributed by atoms with Gasteiger partial charge in [-0.3, -0.25) is 19.2 Å². The molecule has 1 aromatic heterocycles. The van der Waals surface area contributed by atoms with Gasteiger partial charge in [0.1, 0.15) is 18.8 Å². The summed E-state index contributed by atoms with van der Waals surface area (Å²) >= 11 is 0. The largest absolute Gasteiger partial charge is 0.364 e. The lowest BCUT2D eigenvalue weighted by atomic mass is 10.0. The number of sulfone groups is 1. The Morgan fingerprint density at radius 2 is 1.57 bits per heavy atom. The standard InChI is InChI=1S/C32H53N7O7S/c1-7-17-39(18-8-2)19-13-12-15-26(30(42)33-22-28(41)36-23-46-5)37-31(43)29(24(3)4)38-27(40)16-11-9-10-14-25-20-34-32(35-21-25)47(6,44)45/h20-21,24,26,29H,7-9,11-13,15-19,22-23H2,1-6H3,(H,33,42)(H,36,41)(H,37,43)(H,38,40)/t26-,29-/m0/s1. The van der Waals surface area contributed by atoms with Crippen LogP contribution in [0.25, 0.3) is 0 Å².